The van der Waals surface area contributed by atoms with Gasteiger partial charge in [-0.3, -0.25) is 9.59 Å². The van der Waals surface area contributed by atoms with Crippen molar-refractivity contribution in [2.75, 3.05) is 53.2 Å². The van der Waals surface area contributed by atoms with Crippen LogP contribution in [0.4, 0.5) is 9.59 Å². The van der Waals surface area contributed by atoms with Crippen LogP contribution in [0.2, 0.25) is 0 Å². The molecule has 6 aromatic rings. The van der Waals surface area contributed by atoms with Crippen molar-refractivity contribution >= 4 is 44.0 Å². The smallest absolute Gasteiger partial charge is 0.407 e. The van der Waals surface area contributed by atoms with E-state index < -0.39 is 68.2 Å². The fraction of sp³-hybridized carbons (Fsp3) is 0.404. The number of aromatic nitrogens is 4. The highest BCUT2D eigenvalue weighted by Crippen LogP contribution is 2.38. The number of nitrogens with one attached hydrogen (secondary N) is 4. The lowest BCUT2D eigenvalue weighted by Gasteiger charge is -2.29. The van der Waals surface area contributed by atoms with E-state index in [0.29, 0.717) is 23.0 Å². The number of carbonyl (C=O) groups excluding carboxylic acids is 4. The Bertz CT molecular complexity index is 3490. The summed E-state index contributed by atoms with van der Waals surface area (Å²) in [5.41, 5.74) is 12.2. The molecule has 12 rings (SSSR count). The number of carbonyl (C=O) groups is 4. The minimum Gasteiger partial charge on any atom is -0.453 e. The summed E-state index contributed by atoms with van der Waals surface area (Å²) in [6, 6.07) is 26.6. The van der Waals surface area contributed by atoms with Crippen LogP contribution >= 0.6 is 0 Å². The van der Waals surface area contributed by atoms with Gasteiger partial charge in [-0.2, -0.15) is 8.61 Å². The van der Waals surface area contributed by atoms with Crippen molar-refractivity contribution in [1.82, 2.24) is 49.0 Å². The molecule has 4 aromatic carbocycles. The van der Waals surface area contributed by atoms with Crippen LogP contribution in [0, 0.1) is 11.8 Å². The molecule has 4 aliphatic carbocycles. The van der Waals surface area contributed by atoms with Crippen LogP contribution in [-0.4, -0.2) is 144 Å². The molecule has 20 nitrogen and oxygen atoms in total. The van der Waals surface area contributed by atoms with Crippen LogP contribution in [0.5, 0.6) is 0 Å². The molecule has 22 heteroatoms. The number of methoxy groups -OCH3 is 2. The Balaban J connectivity index is 0.916. The standard InChI is InChI=1S/C57H68N10O10S2/c1-33(2)50(62-56(70)76-6)54(68)66-31-64(78(8,72)73)29-48(66)52-58-27-46(60-52)40-19-14-38(15-20-40)44-25-36-10-12-37-18-23-42(35(5)24-43(44)13-11-36)26-45(37)39-16-21-41(22-17-39)47-28-59-53(61-47)49-30-65(79(9,74)75)32-67(49)55(69)51(34(3)4)63-57(71)77-7/h11,13-23,25-28,33-35,48-51H,10,12,24,29-32H2,1-9H3,(H,58,60)(H,59,61)(H,62,70)(H,63,71)/t35-,48+,49+,50+,51+/m1/s1. The van der Waals surface area contributed by atoms with Gasteiger partial charge < -0.3 is 39.9 Å². The lowest BCUT2D eigenvalue weighted by molar-refractivity contribution is -0.136. The minimum absolute atomic E-state index is 0.00357. The van der Waals surface area contributed by atoms with E-state index in [1.807, 2.05) is 24.3 Å². The average Bonchev–Trinajstić information content (AvgIpc) is 4.34. The Labute approximate surface area is 461 Å². The second-order valence-electron chi connectivity index (χ2n) is 21.5. The zero-order valence-corrected chi connectivity index (χ0v) is 47.4. The van der Waals surface area contributed by atoms with E-state index in [0.717, 1.165) is 65.2 Å². The van der Waals surface area contributed by atoms with Crippen molar-refractivity contribution in [1.29, 1.82) is 0 Å². The van der Waals surface area contributed by atoms with Gasteiger partial charge in [0.25, 0.3) is 0 Å². The van der Waals surface area contributed by atoms with Crippen LogP contribution in [0.3, 0.4) is 0 Å². The first-order valence-electron chi connectivity index (χ1n) is 26.3. The number of aryl methyl sites for hydroxylation is 2. The van der Waals surface area contributed by atoms with Crippen LogP contribution in [0.15, 0.2) is 97.3 Å². The van der Waals surface area contributed by atoms with Crippen LogP contribution in [-0.2, 0) is 58.4 Å². The van der Waals surface area contributed by atoms with Crippen molar-refractivity contribution in [3.63, 3.8) is 0 Å². The van der Waals surface area contributed by atoms with Crippen LogP contribution in [0.1, 0.15) is 86.5 Å². The van der Waals surface area contributed by atoms with Gasteiger partial charge in [-0.15, -0.1) is 0 Å². The average molecular weight is 1120 g/mol. The van der Waals surface area contributed by atoms with E-state index in [2.05, 4.69) is 88.2 Å². The van der Waals surface area contributed by atoms with Gasteiger partial charge in [0, 0.05) is 36.6 Å². The number of alkyl carbamates (subject to hydrolysis) is 2. The van der Waals surface area contributed by atoms with Gasteiger partial charge in [0.1, 0.15) is 35.8 Å². The second-order valence-corrected chi connectivity index (χ2v) is 25.4. The number of ether oxygens (including phenoxy) is 2. The quantitative estimate of drug-likeness (QED) is 0.0845. The van der Waals surface area contributed by atoms with Gasteiger partial charge in [-0.05, 0) is 81.5 Å². The van der Waals surface area contributed by atoms with Crippen molar-refractivity contribution in [2.45, 2.75) is 84.0 Å². The highest BCUT2D eigenvalue weighted by atomic mass is 32.2. The molecular formula is C57H68N10O10S2. The van der Waals surface area contributed by atoms with E-state index in [1.165, 1.54) is 54.9 Å². The summed E-state index contributed by atoms with van der Waals surface area (Å²) in [5, 5.41) is 5.21. The first-order chi connectivity index (χ1) is 37.5. The normalized spacial score (nSPS) is 18.8. The highest BCUT2D eigenvalue weighted by molar-refractivity contribution is 7.88. The van der Waals surface area contributed by atoms with Gasteiger partial charge >= 0.3 is 12.2 Å². The Hall–Kier alpha value is -7.40. The molecule has 418 valence electrons. The zero-order chi connectivity index (χ0) is 56.7. The molecule has 5 atom stereocenters. The van der Waals surface area contributed by atoms with Crippen molar-refractivity contribution in [2.24, 2.45) is 11.8 Å². The lowest BCUT2D eigenvalue weighted by atomic mass is 9.84. The summed E-state index contributed by atoms with van der Waals surface area (Å²) in [6.07, 6.45) is 6.59. The topological polar surface area (TPSA) is 249 Å². The van der Waals surface area contributed by atoms with Crippen molar-refractivity contribution in [3.05, 3.63) is 131 Å². The van der Waals surface area contributed by atoms with Gasteiger partial charge in [0.15, 0.2) is 0 Å². The van der Waals surface area contributed by atoms with Crippen LogP contribution < -0.4 is 10.6 Å². The van der Waals surface area contributed by atoms with Gasteiger partial charge in [-0.1, -0.05) is 120 Å². The summed E-state index contributed by atoms with van der Waals surface area (Å²) < 4.78 is 63.0. The largest absolute Gasteiger partial charge is 0.453 e. The third-order valence-corrected chi connectivity index (χ3v) is 17.7. The number of nitrogens with zero attached hydrogens (tertiary/aromatic N) is 6. The first kappa shape index (κ1) is 56.3. The summed E-state index contributed by atoms with van der Waals surface area (Å²) in [6.45, 7) is 9.02. The predicted molar refractivity (Wildman–Crippen MR) is 299 cm³/mol. The number of rotatable bonds is 14. The Morgan fingerprint density at radius 3 is 1.46 bits per heavy atom. The SMILES string of the molecule is COC(=O)N[C@H](C(=O)N1CN(S(C)(=O)=O)C[C@H]1c1nc(-c2ccc(-c3cc4ccc3CCc3ccc(c(-c5ccc(-c6c[nH]c([C@@H]7CN(S(C)(=O)=O)CN7C(=O)[C@@H](NC(=O)OC)C(C)C)n6)cc5)c3)C[C@H]4C)cc2)c[nH]1)C(C)C. The summed E-state index contributed by atoms with van der Waals surface area (Å²) >= 11 is 0. The maximum absolute atomic E-state index is 14.0. The third kappa shape index (κ3) is 12.1. The molecule has 0 spiro atoms. The van der Waals surface area contributed by atoms with E-state index in [-0.39, 0.29) is 44.2 Å². The molecule has 2 aromatic heterocycles. The number of H-pyrrole nitrogens is 2. The molecule has 4 heterocycles. The molecular weight excluding hydrogens is 1050 g/mol. The minimum atomic E-state index is -3.67. The molecule has 4 bridgehead atoms. The van der Waals surface area contributed by atoms with E-state index in [1.54, 1.807) is 40.1 Å². The molecule has 2 saturated heterocycles. The molecule has 2 fully saturated rings. The molecule has 0 saturated carbocycles. The van der Waals surface area contributed by atoms with E-state index in [9.17, 15) is 36.0 Å². The van der Waals surface area contributed by atoms with Gasteiger partial charge in [0.05, 0.1) is 51.5 Å². The zero-order valence-electron chi connectivity index (χ0n) is 45.8. The summed E-state index contributed by atoms with van der Waals surface area (Å²) in [5.74, 6) is -0.504. The first-order valence-corrected chi connectivity index (χ1v) is 30.0. The van der Waals surface area contributed by atoms with E-state index in [4.69, 9.17) is 19.4 Å². The lowest BCUT2D eigenvalue weighted by Crippen LogP contribution is -2.51. The highest BCUT2D eigenvalue weighted by Gasteiger charge is 2.45. The third-order valence-electron chi connectivity index (χ3n) is 15.3. The number of hydrogen-bond acceptors (Lipinski definition) is 12. The molecule has 2 aliphatic heterocycles. The fourth-order valence-corrected chi connectivity index (χ4v) is 12.2. The fourth-order valence-electron chi connectivity index (χ4n) is 10.7. The number of hydrogen-bond donors (Lipinski definition) is 4. The molecule has 79 heavy (non-hydrogen) atoms. The Morgan fingerprint density at radius 1 is 0.595 bits per heavy atom. The Kier molecular flexibility index (Phi) is 16.2. The molecule has 4 N–H and O–H groups in total. The number of aromatic amines is 2. The Morgan fingerprint density at radius 2 is 1.03 bits per heavy atom. The number of imidazole rings is 2. The monoisotopic (exact) mass is 1120 g/mol. The maximum atomic E-state index is 14.0. The van der Waals surface area contributed by atoms with Gasteiger partial charge in [-0.25, -0.2) is 36.4 Å². The summed E-state index contributed by atoms with van der Waals surface area (Å²) in [4.78, 5) is 71.4. The number of sulfonamides is 2. The maximum Gasteiger partial charge on any atom is 0.407 e. The molecule has 6 aliphatic rings. The number of benzene rings is 4. The van der Waals surface area contributed by atoms with Crippen molar-refractivity contribution < 1.29 is 45.5 Å². The molecule has 0 unspecified atom stereocenters. The second kappa shape index (κ2) is 22.8. The predicted octanol–water partition coefficient (Wildman–Crippen LogP) is 7.21. The van der Waals surface area contributed by atoms with Crippen molar-refractivity contribution in [3.8, 4) is 44.8 Å². The summed E-state index contributed by atoms with van der Waals surface area (Å²) in [7, 11) is -4.91. The van der Waals surface area contributed by atoms with Crippen LogP contribution in [0.25, 0.3) is 44.8 Å². The van der Waals surface area contributed by atoms with Gasteiger partial charge in [0.2, 0.25) is 31.9 Å². The molecule has 4 amide bonds. The molecule has 0 radical (unpaired) electrons. The van der Waals surface area contributed by atoms with E-state index >= 15 is 0 Å². The number of amides is 4.